The van der Waals surface area contributed by atoms with Gasteiger partial charge in [0.15, 0.2) is 0 Å². The van der Waals surface area contributed by atoms with Crippen molar-refractivity contribution in [3.63, 3.8) is 0 Å². The van der Waals surface area contributed by atoms with Gasteiger partial charge >= 0.3 is 5.69 Å². The highest BCUT2D eigenvalue weighted by Crippen LogP contribution is 2.50. The fourth-order valence-electron chi connectivity index (χ4n) is 6.38. The minimum absolute atomic E-state index is 0.109. The molecule has 4 atom stereocenters. The Labute approximate surface area is 295 Å². The van der Waals surface area contributed by atoms with E-state index in [9.17, 15) is 10.1 Å². The first kappa shape index (κ1) is 37.3. The maximum Gasteiger partial charge on any atom is 0.327 e. The molecule has 0 bridgehead atoms. The van der Waals surface area contributed by atoms with Crippen LogP contribution >= 0.6 is 8.53 Å². The summed E-state index contributed by atoms with van der Waals surface area (Å²) in [6, 6.07) is 28.1. The zero-order valence-corrected chi connectivity index (χ0v) is 30.4. The molecule has 1 aromatic heterocycles. The molecule has 0 aliphatic carbocycles. The van der Waals surface area contributed by atoms with Gasteiger partial charge in [0.05, 0.1) is 46.0 Å². The van der Waals surface area contributed by atoms with E-state index in [0.29, 0.717) is 6.42 Å². The molecular formula is C38H47N4O7P. The van der Waals surface area contributed by atoms with E-state index in [4.69, 9.17) is 28.0 Å². The maximum absolute atomic E-state index is 12.8. The summed E-state index contributed by atoms with van der Waals surface area (Å²) in [4.78, 5) is 15.5. The van der Waals surface area contributed by atoms with Crippen LogP contribution in [0.5, 0.6) is 11.5 Å². The Balaban J connectivity index is 1.57. The van der Waals surface area contributed by atoms with Crippen LogP contribution < -0.4 is 15.2 Å². The molecule has 0 saturated carbocycles. The van der Waals surface area contributed by atoms with Crippen molar-refractivity contribution < 1.29 is 28.0 Å². The predicted octanol–water partition coefficient (Wildman–Crippen LogP) is 7.15. The summed E-state index contributed by atoms with van der Waals surface area (Å²) < 4.78 is 41.7. The highest BCUT2D eigenvalue weighted by atomic mass is 31.2. The van der Waals surface area contributed by atoms with E-state index in [-0.39, 0.29) is 37.4 Å². The fraction of sp³-hybridized carbons (Fsp3) is 0.421. The molecule has 50 heavy (non-hydrogen) atoms. The Morgan fingerprint density at radius 3 is 2.02 bits per heavy atom. The number of rotatable bonds is 17. The van der Waals surface area contributed by atoms with Crippen molar-refractivity contribution >= 4 is 8.53 Å². The number of methoxy groups -OCH3 is 2. The van der Waals surface area contributed by atoms with Gasteiger partial charge in [0.25, 0.3) is 8.53 Å². The Bertz CT molecular complexity index is 1670. The molecule has 0 spiro atoms. The lowest BCUT2D eigenvalue weighted by atomic mass is 9.80. The number of hydrogen-bond donors (Lipinski definition) is 1. The Morgan fingerprint density at radius 1 is 0.940 bits per heavy atom. The van der Waals surface area contributed by atoms with Gasteiger partial charge in [0.1, 0.15) is 29.4 Å². The second kappa shape index (κ2) is 17.3. The molecule has 12 heteroatoms. The van der Waals surface area contributed by atoms with Crippen molar-refractivity contribution in [2.75, 3.05) is 27.4 Å². The first-order valence-corrected chi connectivity index (χ1v) is 18.0. The van der Waals surface area contributed by atoms with Gasteiger partial charge in [-0.1, -0.05) is 54.6 Å². The van der Waals surface area contributed by atoms with Crippen LogP contribution in [0.1, 0.15) is 63.5 Å². The van der Waals surface area contributed by atoms with Gasteiger partial charge in [-0.25, -0.2) is 9.46 Å². The topological polar surface area (TPSA) is 120 Å². The Morgan fingerprint density at radius 2 is 1.52 bits per heavy atom. The third-order valence-corrected chi connectivity index (χ3v) is 10.8. The monoisotopic (exact) mass is 702 g/mol. The molecule has 2 heterocycles. The maximum atomic E-state index is 12.8. The van der Waals surface area contributed by atoms with Crippen LogP contribution in [0.2, 0.25) is 0 Å². The van der Waals surface area contributed by atoms with Gasteiger partial charge in [0.2, 0.25) is 0 Å². The lowest BCUT2D eigenvalue weighted by Crippen LogP contribution is -2.39. The van der Waals surface area contributed by atoms with Gasteiger partial charge in [-0.15, -0.1) is 0 Å². The molecule has 0 radical (unpaired) electrons. The number of hydrogen-bond acceptors (Lipinski definition) is 9. The number of aromatic nitrogens is 2. The van der Waals surface area contributed by atoms with E-state index < -0.39 is 32.6 Å². The molecule has 4 aromatic rings. The summed E-state index contributed by atoms with van der Waals surface area (Å²) in [6.45, 7) is 8.73. The lowest BCUT2D eigenvalue weighted by Gasteiger charge is -2.39. The normalized spacial score (nSPS) is 18.4. The van der Waals surface area contributed by atoms with E-state index in [1.165, 1.54) is 4.57 Å². The minimum atomic E-state index is -1.59. The molecule has 3 aromatic carbocycles. The van der Waals surface area contributed by atoms with Crippen molar-refractivity contribution in [3.8, 4) is 17.6 Å². The molecule has 1 N–H and O–H groups in total. The third-order valence-electron chi connectivity index (χ3n) is 8.69. The molecule has 1 aliphatic heterocycles. The number of nitrogens with zero attached hydrogens (tertiary/aromatic N) is 3. The number of benzene rings is 3. The smallest absolute Gasteiger partial charge is 0.327 e. The number of ether oxygens (including phenoxy) is 4. The van der Waals surface area contributed by atoms with Crippen LogP contribution in [-0.4, -0.2) is 65.9 Å². The van der Waals surface area contributed by atoms with Crippen molar-refractivity contribution in [1.82, 2.24) is 14.2 Å². The fourth-order valence-corrected chi connectivity index (χ4v) is 8.14. The van der Waals surface area contributed by atoms with Crippen molar-refractivity contribution in [1.29, 1.82) is 5.26 Å². The molecule has 1 saturated heterocycles. The predicted molar refractivity (Wildman–Crippen MR) is 192 cm³/mol. The van der Waals surface area contributed by atoms with Gasteiger partial charge in [-0.2, -0.15) is 5.26 Å². The molecule has 1 unspecified atom stereocenters. The number of nitriles is 1. The first-order chi connectivity index (χ1) is 24.2. The van der Waals surface area contributed by atoms with E-state index in [1.54, 1.807) is 26.6 Å². The van der Waals surface area contributed by atoms with Crippen LogP contribution in [0.15, 0.2) is 96.1 Å². The van der Waals surface area contributed by atoms with Crippen molar-refractivity contribution in [3.05, 3.63) is 118 Å². The van der Waals surface area contributed by atoms with Crippen LogP contribution in [0, 0.1) is 11.3 Å². The highest BCUT2D eigenvalue weighted by Gasteiger charge is 2.45. The zero-order chi connectivity index (χ0) is 35.7. The molecule has 266 valence electrons. The van der Waals surface area contributed by atoms with Gasteiger partial charge < -0.3 is 33.0 Å². The minimum Gasteiger partial charge on any atom is -0.497 e. The molecule has 0 amide bonds. The lowest BCUT2D eigenvalue weighted by molar-refractivity contribution is -0.0923. The van der Waals surface area contributed by atoms with Crippen LogP contribution in [0.3, 0.4) is 0 Å². The average Bonchev–Trinajstić information content (AvgIpc) is 3.74. The summed E-state index contributed by atoms with van der Waals surface area (Å²) in [7, 11) is 1.69. The third kappa shape index (κ3) is 8.30. The summed E-state index contributed by atoms with van der Waals surface area (Å²) in [6.07, 6.45) is 2.21. The van der Waals surface area contributed by atoms with E-state index in [1.807, 2.05) is 78.9 Å². The zero-order valence-electron chi connectivity index (χ0n) is 29.5. The SMILES string of the molecule is COc1ccc(C(OC[C@H]2O[C@@H](n3cc[nH]c3=O)C[C@@H]2OP(OCCC#N)N(C(C)C)C(C)C)(c2ccccc2)c2ccc(OC)cc2)cc1. The van der Waals surface area contributed by atoms with Crippen molar-refractivity contribution in [2.45, 2.75) is 76.7 Å². The summed E-state index contributed by atoms with van der Waals surface area (Å²) in [5, 5.41) is 9.25. The number of aromatic amines is 1. The summed E-state index contributed by atoms with van der Waals surface area (Å²) in [5.74, 6) is 1.45. The average molecular weight is 703 g/mol. The van der Waals surface area contributed by atoms with Crippen LogP contribution in [-0.2, 0) is 24.1 Å². The van der Waals surface area contributed by atoms with E-state index >= 15 is 0 Å². The van der Waals surface area contributed by atoms with Crippen LogP contribution in [0.25, 0.3) is 0 Å². The van der Waals surface area contributed by atoms with Gasteiger partial charge in [0, 0.05) is 30.9 Å². The van der Waals surface area contributed by atoms with Crippen molar-refractivity contribution in [2.24, 2.45) is 0 Å². The van der Waals surface area contributed by atoms with Crippen LogP contribution in [0.4, 0.5) is 0 Å². The number of imidazole rings is 1. The second-order valence-electron chi connectivity index (χ2n) is 12.5. The first-order valence-electron chi connectivity index (χ1n) is 16.9. The molecule has 1 fully saturated rings. The quantitative estimate of drug-likeness (QED) is 0.0695. The number of H-pyrrole nitrogens is 1. The van der Waals surface area contributed by atoms with E-state index in [2.05, 4.69) is 43.4 Å². The Kier molecular flexibility index (Phi) is 12.9. The molecule has 11 nitrogen and oxygen atoms in total. The molecule has 5 rings (SSSR count). The molecule has 1 aliphatic rings. The number of nitrogens with one attached hydrogen (secondary N) is 1. The van der Waals surface area contributed by atoms with Gasteiger partial charge in [-0.3, -0.25) is 4.57 Å². The Hall–Kier alpha value is -4.01. The summed E-state index contributed by atoms with van der Waals surface area (Å²) in [5.41, 5.74) is 1.33. The molecular weight excluding hydrogens is 655 g/mol. The summed E-state index contributed by atoms with van der Waals surface area (Å²) >= 11 is 0. The van der Waals surface area contributed by atoms with E-state index in [0.717, 1.165) is 28.2 Å². The highest BCUT2D eigenvalue weighted by molar-refractivity contribution is 7.44. The standard InChI is InChI=1S/C38H47N4O7P/c1-27(2)42(28(3)4)50(47-24-10-21-39)49-34-25-36(41-23-22-40-37(41)43)48-35(34)26-46-38(29-11-8-7-9-12-29,30-13-17-32(44-5)18-14-30)31-15-19-33(45-6)20-16-31/h7-9,11-20,22-23,27-28,34-36H,10,24-26H2,1-6H3,(H,40,43)/t34-,35+,36+,50?/m0/s1. The van der Waals surface area contributed by atoms with Gasteiger partial charge in [-0.05, 0) is 68.7 Å². The largest absolute Gasteiger partial charge is 0.497 e. The second-order valence-corrected chi connectivity index (χ2v) is 13.9.